The third-order valence-corrected chi connectivity index (χ3v) is 8.25. The number of hydrogen-bond acceptors (Lipinski definition) is 8. The number of halogens is 2. The van der Waals surface area contributed by atoms with Gasteiger partial charge in [0.05, 0.1) is 17.9 Å². The van der Waals surface area contributed by atoms with Crippen LogP contribution < -0.4 is 20.6 Å². The molecule has 0 aliphatic carbocycles. The fourth-order valence-corrected chi connectivity index (χ4v) is 5.55. The van der Waals surface area contributed by atoms with Gasteiger partial charge in [-0.1, -0.05) is 17.4 Å². The Morgan fingerprint density at radius 2 is 1.72 bits per heavy atom. The van der Waals surface area contributed by atoms with E-state index in [1.807, 2.05) is 41.5 Å². The van der Waals surface area contributed by atoms with Crippen molar-refractivity contribution >= 4 is 22.6 Å². The Morgan fingerprint density at radius 3 is 2.35 bits per heavy atom. The lowest BCUT2D eigenvalue weighted by Gasteiger charge is -2.47. The highest BCUT2D eigenvalue weighted by molar-refractivity contribution is 7.17. The lowest BCUT2D eigenvalue weighted by molar-refractivity contribution is 0.0422. The number of thiazole rings is 1. The summed E-state index contributed by atoms with van der Waals surface area (Å²) >= 11 is 1.43. The lowest BCUT2D eigenvalue weighted by atomic mass is 9.82. The molecule has 1 amide bonds. The normalized spacial score (nSPS) is 14.0. The van der Waals surface area contributed by atoms with Crippen LogP contribution in [0.5, 0.6) is 10.8 Å². The van der Waals surface area contributed by atoms with Gasteiger partial charge in [0.1, 0.15) is 29.3 Å². The predicted octanol–water partition coefficient (Wildman–Crippen LogP) is 5.66. The first-order valence-corrected chi connectivity index (χ1v) is 14.6. The minimum absolute atomic E-state index is 0.206. The van der Waals surface area contributed by atoms with Crippen LogP contribution in [0.3, 0.4) is 0 Å². The molecule has 1 aliphatic rings. The van der Waals surface area contributed by atoms with Gasteiger partial charge >= 0.3 is 11.8 Å². The van der Waals surface area contributed by atoms with Crippen molar-refractivity contribution in [3.63, 3.8) is 0 Å². The van der Waals surface area contributed by atoms with Crippen LogP contribution in [0.15, 0.2) is 53.6 Å². The maximum atomic E-state index is 14.0. The Kier molecular flexibility index (Phi) is 8.03. The van der Waals surface area contributed by atoms with Gasteiger partial charge in [0.15, 0.2) is 5.13 Å². The van der Waals surface area contributed by atoms with Crippen LogP contribution >= 0.6 is 11.3 Å². The molecule has 3 heterocycles. The second-order valence-corrected chi connectivity index (χ2v) is 13.0. The molecule has 1 aliphatic heterocycles. The first-order chi connectivity index (χ1) is 20.2. The Morgan fingerprint density at radius 1 is 1.07 bits per heavy atom. The summed E-state index contributed by atoms with van der Waals surface area (Å²) in [5, 5.41) is 8.56. The molecule has 228 valence electrons. The Labute approximate surface area is 251 Å². The molecule has 43 heavy (non-hydrogen) atoms. The molecule has 0 spiro atoms. The predicted molar refractivity (Wildman–Crippen MR) is 159 cm³/mol. The fourth-order valence-electron chi connectivity index (χ4n) is 4.59. The van der Waals surface area contributed by atoms with E-state index in [0.29, 0.717) is 16.5 Å². The summed E-state index contributed by atoms with van der Waals surface area (Å²) in [7, 11) is 0. The van der Waals surface area contributed by atoms with Crippen molar-refractivity contribution in [2.24, 2.45) is 5.92 Å². The Bertz CT molecular complexity index is 1660. The highest BCUT2D eigenvalue weighted by Crippen LogP contribution is 2.40. The molecule has 4 aromatic rings. The van der Waals surface area contributed by atoms with E-state index in [9.17, 15) is 18.4 Å². The van der Waals surface area contributed by atoms with Crippen LogP contribution in [0.2, 0.25) is 0 Å². The minimum atomic E-state index is -0.726. The number of rotatable bonds is 8. The van der Waals surface area contributed by atoms with Crippen molar-refractivity contribution < 1.29 is 23.0 Å². The molecule has 2 aromatic carbocycles. The maximum Gasteiger partial charge on any atom is 0.408 e. The average Bonchev–Trinajstić information content (AvgIpc) is 3.41. The molecule has 2 aromatic heterocycles. The number of hydrogen-bond donors (Lipinski definition) is 1. The number of carbonyl (C=O) groups excluding carboxylic acids is 1. The van der Waals surface area contributed by atoms with Gasteiger partial charge in [0.25, 0.3) is 0 Å². The maximum absolute atomic E-state index is 14.0. The molecule has 0 radical (unpaired) electrons. The second-order valence-electron chi connectivity index (χ2n) is 12.1. The topological polar surface area (TPSA) is 104 Å². The molecule has 1 saturated heterocycles. The van der Waals surface area contributed by atoms with E-state index in [2.05, 4.69) is 20.3 Å². The molecule has 1 fully saturated rings. The number of benzene rings is 2. The number of anilines is 1. The van der Waals surface area contributed by atoms with Gasteiger partial charge in [-0.2, -0.15) is 9.78 Å². The van der Waals surface area contributed by atoms with Gasteiger partial charge in [-0.3, -0.25) is 4.57 Å². The number of aryl methyl sites for hydroxylation is 1. The number of carbonyl (C=O) groups is 1. The highest BCUT2D eigenvalue weighted by atomic mass is 32.1. The molecule has 0 unspecified atom stereocenters. The van der Waals surface area contributed by atoms with E-state index in [-0.39, 0.29) is 18.0 Å². The fraction of sp³-hybridized carbons (Fsp3) is 0.400. The van der Waals surface area contributed by atoms with Crippen molar-refractivity contribution in [1.29, 1.82) is 0 Å². The number of nitrogens with one attached hydrogen (secondary N) is 1. The number of aromatic nitrogens is 4. The summed E-state index contributed by atoms with van der Waals surface area (Å²) in [6.07, 6.45) is 0.814. The van der Waals surface area contributed by atoms with E-state index in [1.165, 1.54) is 23.7 Å². The van der Waals surface area contributed by atoms with E-state index < -0.39 is 34.6 Å². The smallest absolute Gasteiger partial charge is 0.408 e. The first kappa shape index (κ1) is 30.2. The van der Waals surface area contributed by atoms with Crippen molar-refractivity contribution in [2.45, 2.75) is 59.2 Å². The first-order valence-electron chi connectivity index (χ1n) is 13.8. The van der Waals surface area contributed by atoms with E-state index >= 15 is 0 Å². The van der Waals surface area contributed by atoms with E-state index in [0.717, 1.165) is 45.3 Å². The number of nitrogens with zero attached hydrogens (tertiary/aromatic N) is 5. The quantitative estimate of drug-likeness (QED) is 0.274. The van der Waals surface area contributed by atoms with Crippen LogP contribution in [0.25, 0.3) is 5.69 Å². The Hall–Kier alpha value is -4.26. The lowest BCUT2D eigenvalue weighted by Crippen LogP contribution is -2.62. The summed E-state index contributed by atoms with van der Waals surface area (Å²) in [6, 6.07) is 10.3. The van der Waals surface area contributed by atoms with Crippen LogP contribution in [-0.2, 0) is 11.3 Å². The molecule has 5 rings (SSSR count). The summed E-state index contributed by atoms with van der Waals surface area (Å²) in [6.45, 7) is 12.5. The zero-order chi connectivity index (χ0) is 31.1. The molecular formula is C30H34F2N6O4S. The highest BCUT2D eigenvalue weighted by Gasteiger charge is 2.41. The van der Waals surface area contributed by atoms with Crippen LogP contribution in [-0.4, -0.2) is 49.7 Å². The SMILES string of the molecule is Cc1nc(N2CC(C(C)(C)NC(=O)OC(C)(C)C)C2)sc1Oc1ccc(-n2ncn(Cc3c(F)cccc3F)c2=O)cc1. The minimum Gasteiger partial charge on any atom is -0.445 e. The number of ether oxygens (including phenoxy) is 2. The van der Waals surface area contributed by atoms with E-state index in [4.69, 9.17) is 9.47 Å². The standard InChI is InChI=1S/C30H34F2N6O4S/c1-18-25(43-26(34-18)36-14-19(15-36)30(5,6)35-27(39)42-29(2,3)4)41-21-12-10-20(11-13-21)38-28(40)37(17-33-38)16-22-23(31)8-7-9-24(22)32/h7-13,17,19H,14-16H2,1-6H3,(H,35,39). The van der Waals surface area contributed by atoms with Gasteiger partial charge in [-0.05, 0) is 77.9 Å². The van der Waals surface area contributed by atoms with Crippen LogP contribution in [0.4, 0.5) is 18.7 Å². The van der Waals surface area contributed by atoms with Crippen molar-refractivity contribution in [3.8, 4) is 16.5 Å². The van der Waals surface area contributed by atoms with Gasteiger partial charge < -0.3 is 19.7 Å². The van der Waals surface area contributed by atoms with Gasteiger partial charge in [-0.15, -0.1) is 0 Å². The van der Waals surface area contributed by atoms with E-state index in [1.54, 1.807) is 24.3 Å². The summed E-state index contributed by atoms with van der Waals surface area (Å²) in [5.74, 6) is -0.683. The zero-order valence-electron chi connectivity index (χ0n) is 24.9. The summed E-state index contributed by atoms with van der Waals surface area (Å²) < 4.78 is 41.9. The number of alkyl carbamates (subject to hydrolysis) is 1. The van der Waals surface area contributed by atoms with Crippen LogP contribution in [0.1, 0.15) is 45.9 Å². The Balaban J connectivity index is 1.20. The summed E-state index contributed by atoms with van der Waals surface area (Å²) in [5.41, 5.74) is -0.528. The molecular weight excluding hydrogens is 578 g/mol. The van der Waals surface area contributed by atoms with Gasteiger partial charge in [-0.25, -0.2) is 23.4 Å². The largest absolute Gasteiger partial charge is 0.445 e. The third kappa shape index (κ3) is 6.71. The van der Waals surface area contributed by atoms with Gasteiger partial charge in [0.2, 0.25) is 5.06 Å². The monoisotopic (exact) mass is 612 g/mol. The number of amides is 1. The molecule has 13 heteroatoms. The van der Waals surface area contributed by atoms with Crippen molar-refractivity contribution in [1.82, 2.24) is 24.6 Å². The average molecular weight is 613 g/mol. The summed E-state index contributed by atoms with van der Waals surface area (Å²) in [4.78, 5) is 32.0. The van der Waals surface area contributed by atoms with Gasteiger partial charge in [0, 0.05) is 30.1 Å². The molecule has 10 nitrogen and oxygen atoms in total. The zero-order valence-corrected chi connectivity index (χ0v) is 25.7. The molecule has 0 bridgehead atoms. The molecule has 0 saturated carbocycles. The molecule has 1 N–H and O–H groups in total. The van der Waals surface area contributed by atoms with Crippen molar-refractivity contribution in [2.75, 3.05) is 18.0 Å². The van der Waals surface area contributed by atoms with Crippen LogP contribution in [0, 0.1) is 24.5 Å². The van der Waals surface area contributed by atoms with Crippen molar-refractivity contribution in [3.05, 3.63) is 82.2 Å². The third-order valence-electron chi connectivity index (χ3n) is 7.15. The molecule has 0 atom stereocenters. The second kappa shape index (κ2) is 11.4.